The van der Waals surface area contributed by atoms with Crippen LogP contribution in [0.2, 0.25) is 0 Å². The van der Waals surface area contributed by atoms with Gasteiger partial charge in [-0.25, -0.2) is 32.3 Å². The lowest BCUT2D eigenvalue weighted by Gasteiger charge is -2.43. The third kappa shape index (κ3) is 2.90. The van der Waals surface area contributed by atoms with Gasteiger partial charge >= 0.3 is 11.4 Å². The Hall–Kier alpha value is -3.95. The van der Waals surface area contributed by atoms with E-state index in [1.165, 1.54) is 60.1 Å². The van der Waals surface area contributed by atoms with Gasteiger partial charge < -0.3 is 9.84 Å². The standard InChI is InChI=1S/C23H19F2N3O5/c1-13(29)14-2-4-15(5-3-14)27-21(31)26-9-8-18-20(28(26)22(27)32)17-7-6-16(30)10-19(17)33-23(18,11-24)12-25/h2-8,10,20,30H,9,11-12H2,1H3. The van der Waals surface area contributed by atoms with Crippen LogP contribution < -0.4 is 16.1 Å². The Morgan fingerprint density at radius 2 is 1.82 bits per heavy atom. The van der Waals surface area contributed by atoms with Crippen molar-refractivity contribution in [3.8, 4) is 17.2 Å². The highest BCUT2D eigenvalue weighted by molar-refractivity contribution is 5.94. The molecule has 0 radical (unpaired) electrons. The van der Waals surface area contributed by atoms with E-state index in [4.69, 9.17) is 4.74 Å². The van der Waals surface area contributed by atoms with Gasteiger partial charge in [0.15, 0.2) is 11.4 Å². The number of hydrogen-bond acceptors (Lipinski definition) is 5. The largest absolute Gasteiger partial charge is 0.508 e. The van der Waals surface area contributed by atoms with Crippen LogP contribution in [0, 0.1) is 0 Å². The maximum atomic E-state index is 14.2. The molecule has 2 aliphatic rings. The van der Waals surface area contributed by atoms with Crippen molar-refractivity contribution in [2.45, 2.75) is 25.1 Å². The van der Waals surface area contributed by atoms with Crippen LogP contribution in [0.5, 0.6) is 11.5 Å². The highest BCUT2D eigenvalue weighted by Gasteiger charge is 2.49. The minimum atomic E-state index is -1.97. The number of nitrogens with zero attached hydrogens (tertiary/aromatic N) is 3. The smallest absolute Gasteiger partial charge is 0.352 e. The van der Waals surface area contributed by atoms with Crippen molar-refractivity contribution in [3.05, 3.63) is 86.2 Å². The number of ketones is 1. The predicted molar refractivity (Wildman–Crippen MR) is 114 cm³/mol. The number of phenols is 1. The number of fused-ring (bicyclic) bond motifs is 5. The number of benzene rings is 2. The first-order chi connectivity index (χ1) is 15.8. The number of phenolic OH excluding ortho intramolecular Hbond substituents is 1. The van der Waals surface area contributed by atoms with E-state index in [1.807, 2.05) is 0 Å². The first kappa shape index (κ1) is 20.9. The van der Waals surface area contributed by atoms with Gasteiger partial charge in [-0.2, -0.15) is 0 Å². The second kappa shape index (κ2) is 7.29. The molecular weight excluding hydrogens is 436 g/mol. The third-order valence-electron chi connectivity index (χ3n) is 6.17. The number of alkyl halides is 2. The zero-order valence-electron chi connectivity index (χ0n) is 17.5. The van der Waals surface area contributed by atoms with Crippen molar-refractivity contribution in [1.29, 1.82) is 0 Å². The molecule has 1 unspecified atom stereocenters. The molecule has 0 saturated heterocycles. The summed E-state index contributed by atoms with van der Waals surface area (Å²) in [6, 6.07) is 9.09. The monoisotopic (exact) mass is 455 g/mol. The van der Waals surface area contributed by atoms with Gasteiger partial charge in [0, 0.05) is 22.8 Å². The van der Waals surface area contributed by atoms with Crippen LogP contribution >= 0.6 is 0 Å². The number of hydrogen-bond donors (Lipinski definition) is 1. The summed E-state index contributed by atoms with van der Waals surface area (Å²) >= 11 is 0. The second-order valence-electron chi connectivity index (χ2n) is 8.08. The summed E-state index contributed by atoms with van der Waals surface area (Å²) in [6.45, 7) is -1.08. The quantitative estimate of drug-likeness (QED) is 0.481. The zero-order valence-corrected chi connectivity index (χ0v) is 17.5. The van der Waals surface area contributed by atoms with Crippen molar-refractivity contribution in [1.82, 2.24) is 13.9 Å². The summed E-state index contributed by atoms with van der Waals surface area (Å²) in [5.41, 5.74) is -2.06. The SMILES string of the molecule is CC(=O)c1ccc(-n2c(=O)n3n(c2=O)C2C(=CC3)C(CF)(CF)Oc3cc(O)ccc32)cc1. The molecule has 0 aliphatic carbocycles. The number of carbonyl (C=O) groups is 1. The molecule has 3 heterocycles. The van der Waals surface area contributed by atoms with Gasteiger partial charge in [0.2, 0.25) is 0 Å². The topological polar surface area (TPSA) is 95.5 Å². The molecule has 33 heavy (non-hydrogen) atoms. The summed E-state index contributed by atoms with van der Waals surface area (Å²) in [5.74, 6) is -0.304. The van der Waals surface area contributed by atoms with Gasteiger partial charge in [0.1, 0.15) is 30.9 Å². The summed E-state index contributed by atoms with van der Waals surface area (Å²) in [4.78, 5) is 38.3. The van der Waals surface area contributed by atoms with E-state index in [9.17, 15) is 28.3 Å². The molecular formula is C23H19F2N3O5. The Morgan fingerprint density at radius 1 is 1.12 bits per heavy atom. The van der Waals surface area contributed by atoms with Crippen molar-refractivity contribution in [3.63, 3.8) is 0 Å². The normalized spacial score (nSPS) is 17.9. The van der Waals surface area contributed by atoms with Gasteiger partial charge in [-0.1, -0.05) is 6.08 Å². The number of aromatic nitrogens is 3. The zero-order chi connectivity index (χ0) is 23.5. The highest BCUT2D eigenvalue weighted by Crippen LogP contribution is 2.47. The molecule has 1 aromatic heterocycles. The third-order valence-corrected chi connectivity index (χ3v) is 6.17. The summed E-state index contributed by atoms with van der Waals surface area (Å²) in [6.07, 6.45) is 1.50. The fraction of sp³-hybridized carbons (Fsp3) is 0.261. The van der Waals surface area contributed by atoms with Crippen LogP contribution in [0.1, 0.15) is 28.9 Å². The minimum absolute atomic E-state index is 0.0267. The maximum absolute atomic E-state index is 14.2. The second-order valence-corrected chi connectivity index (χ2v) is 8.08. The van der Waals surface area contributed by atoms with E-state index >= 15 is 0 Å². The minimum Gasteiger partial charge on any atom is -0.508 e. The number of Topliss-reactive ketones (excluding diaryl/α,β-unsaturated/α-hetero) is 1. The van der Waals surface area contributed by atoms with E-state index in [0.29, 0.717) is 11.1 Å². The number of rotatable bonds is 4. The van der Waals surface area contributed by atoms with Gasteiger partial charge in [-0.05, 0) is 43.3 Å². The Balaban J connectivity index is 1.75. The van der Waals surface area contributed by atoms with Crippen molar-refractivity contribution < 1.29 is 23.4 Å². The van der Waals surface area contributed by atoms with E-state index in [1.54, 1.807) is 0 Å². The van der Waals surface area contributed by atoms with Crippen LogP contribution in [0.15, 0.2) is 63.7 Å². The molecule has 0 bridgehead atoms. The predicted octanol–water partition coefficient (Wildman–Crippen LogP) is 2.31. The molecule has 2 aliphatic heterocycles. The van der Waals surface area contributed by atoms with Crippen molar-refractivity contribution in [2.75, 3.05) is 13.3 Å². The van der Waals surface area contributed by atoms with Crippen LogP contribution in [-0.2, 0) is 6.54 Å². The summed E-state index contributed by atoms with van der Waals surface area (Å²) in [7, 11) is 0. The average molecular weight is 455 g/mol. The molecule has 3 aromatic rings. The van der Waals surface area contributed by atoms with Crippen LogP contribution in [0.3, 0.4) is 0 Å². The lowest BCUT2D eigenvalue weighted by molar-refractivity contribution is 0.0286. The number of aromatic hydroxyl groups is 1. The van der Waals surface area contributed by atoms with Crippen molar-refractivity contribution in [2.24, 2.45) is 0 Å². The fourth-order valence-corrected chi connectivity index (χ4v) is 4.49. The summed E-state index contributed by atoms with van der Waals surface area (Å²) < 4.78 is 37.3. The van der Waals surface area contributed by atoms with E-state index in [-0.39, 0.29) is 35.1 Å². The number of carbonyl (C=O) groups excluding carboxylic acids is 1. The lowest BCUT2D eigenvalue weighted by atomic mass is 9.82. The number of ether oxygens (including phenoxy) is 1. The molecule has 0 spiro atoms. The molecule has 0 saturated carbocycles. The van der Waals surface area contributed by atoms with Gasteiger partial charge in [-0.3, -0.25) is 4.79 Å². The Labute approximate surface area is 185 Å². The fourth-order valence-electron chi connectivity index (χ4n) is 4.49. The van der Waals surface area contributed by atoms with Gasteiger partial charge in [0.05, 0.1) is 12.2 Å². The highest BCUT2D eigenvalue weighted by atomic mass is 19.1. The molecule has 2 aromatic carbocycles. The van der Waals surface area contributed by atoms with Gasteiger partial charge in [0.25, 0.3) is 0 Å². The van der Waals surface area contributed by atoms with E-state index < -0.39 is 36.4 Å². The van der Waals surface area contributed by atoms with Crippen molar-refractivity contribution >= 4 is 5.78 Å². The Kier molecular flexibility index (Phi) is 4.62. The van der Waals surface area contributed by atoms with Gasteiger partial charge in [-0.15, -0.1) is 0 Å². The molecule has 1 N–H and O–H groups in total. The Morgan fingerprint density at radius 3 is 2.45 bits per heavy atom. The average Bonchev–Trinajstić information content (AvgIpc) is 3.08. The molecule has 170 valence electrons. The molecule has 1 atom stereocenters. The van der Waals surface area contributed by atoms with Crippen LogP contribution in [0.25, 0.3) is 5.69 Å². The van der Waals surface area contributed by atoms with E-state index in [0.717, 1.165) is 9.25 Å². The number of halogens is 2. The molecule has 0 amide bonds. The van der Waals surface area contributed by atoms with E-state index in [2.05, 4.69) is 0 Å². The lowest BCUT2D eigenvalue weighted by Crippen LogP contribution is -2.52. The molecule has 8 nitrogen and oxygen atoms in total. The van der Waals surface area contributed by atoms with Crippen LogP contribution in [-0.4, -0.2) is 43.8 Å². The Bertz CT molecular complexity index is 1430. The summed E-state index contributed by atoms with van der Waals surface area (Å²) in [5, 5.41) is 9.87. The maximum Gasteiger partial charge on any atom is 0.352 e. The number of allylic oxidation sites excluding steroid dienone is 1. The molecule has 5 rings (SSSR count). The first-order valence-electron chi connectivity index (χ1n) is 10.2. The van der Waals surface area contributed by atoms with Crippen LogP contribution in [0.4, 0.5) is 8.78 Å². The first-order valence-corrected chi connectivity index (χ1v) is 10.2. The molecule has 0 fully saturated rings. The molecule has 10 heteroatoms.